The summed E-state index contributed by atoms with van der Waals surface area (Å²) < 4.78 is 51.3. The van der Waals surface area contributed by atoms with E-state index in [1.54, 1.807) is 32.0 Å². The smallest absolute Gasteiger partial charge is 0.459 e. The number of benzene rings is 1. The zero-order valence-corrected chi connectivity index (χ0v) is 21.0. The molecule has 1 saturated heterocycles. The Kier molecular flexibility index (Phi) is 8.52. The minimum atomic E-state index is -4.31. The Hall–Kier alpha value is -2.83. The maximum Gasteiger partial charge on any atom is 0.459 e. The van der Waals surface area contributed by atoms with Crippen LogP contribution in [0.1, 0.15) is 33.9 Å². The molecular weight excluding hydrogens is 500 g/mol. The standard InChI is InChI=1S/C22H29FN3O9P/c1-13(2)33-19(29)14(3)25-36(31,35-15-8-6-5-7-9-15)32-12-16-18(28)22(4,23)20(34-16)26-11-10-17(27)24-21(26)30/h5-11,13-14,16,18,20,28H,12H2,1-4H3,(H,25,31)(H,24,27,30)/p-1/t14-,16+,18+,20+,22+,36-/m0/s1. The zero-order chi connectivity index (χ0) is 26.7. The predicted octanol–water partition coefficient (Wildman–Crippen LogP) is 1.44. The number of hydrogen-bond acceptors (Lipinski definition) is 10. The van der Waals surface area contributed by atoms with Gasteiger partial charge in [0.2, 0.25) is 0 Å². The van der Waals surface area contributed by atoms with Gasteiger partial charge in [-0.05, 0) is 51.8 Å². The van der Waals surface area contributed by atoms with Crippen LogP contribution in [0.4, 0.5) is 4.39 Å². The maximum absolute atomic E-state index is 15.4. The summed E-state index contributed by atoms with van der Waals surface area (Å²) in [6.07, 6.45) is -4.30. The lowest BCUT2D eigenvalue weighted by molar-refractivity contribution is -0.275. The summed E-state index contributed by atoms with van der Waals surface area (Å²) in [6, 6.07) is 7.78. The van der Waals surface area contributed by atoms with Gasteiger partial charge in [-0.1, -0.05) is 18.2 Å². The molecule has 12 nitrogen and oxygen atoms in total. The summed E-state index contributed by atoms with van der Waals surface area (Å²) >= 11 is 0. The second-order valence-corrected chi connectivity index (χ2v) is 10.3. The third-order valence-electron chi connectivity index (χ3n) is 5.21. The van der Waals surface area contributed by atoms with Crippen molar-refractivity contribution in [3.63, 3.8) is 0 Å². The molecule has 3 rings (SSSR count). The first-order valence-corrected chi connectivity index (χ1v) is 12.6. The molecule has 198 valence electrons. The van der Waals surface area contributed by atoms with E-state index >= 15 is 4.39 Å². The highest BCUT2D eigenvalue weighted by molar-refractivity contribution is 7.52. The molecule has 1 aromatic heterocycles. The fourth-order valence-electron chi connectivity index (χ4n) is 3.43. The van der Waals surface area contributed by atoms with Crippen LogP contribution < -0.4 is 20.4 Å². The minimum absolute atomic E-state index is 0.147. The quantitative estimate of drug-likeness (QED) is 0.339. The van der Waals surface area contributed by atoms with Crippen LogP contribution in [-0.4, -0.2) is 57.3 Å². The molecule has 2 aromatic rings. The predicted molar refractivity (Wildman–Crippen MR) is 122 cm³/mol. The number of rotatable bonds is 10. The van der Waals surface area contributed by atoms with E-state index in [1.165, 1.54) is 19.1 Å². The molecule has 36 heavy (non-hydrogen) atoms. The molecule has 6 atom stereocenters. The lowest BCUT2D eigenvalue weighted by Crippen LogP contribution is -2.43. The summed E-state index contributed by atoms with van der Waals surface area (Å²) in [5.41, 5.74) is -3.57. The summed E-state index contributed by atoms with van der Waals surface area (Å²) in [5.74, 6) is -1.38. The Bertz CT molecular complexity index is 1160. The summed E-state index contributed by atoms with van der Waals surface area (Å²) in [5, 5.41) is 24.3. The fourth-order valence-corrected chi connectivity index (χ4v) is 4.93. The van der Waals surface area contributed by atoms with E-state index in [0.717, 1.165) is 23.8 Å². The molecule has 0 radical (unpaired) electrons. The fraction of sp³-hybridized carbons (Fsp3) is 0.500. The molecule has 1 fully saturated rings. The van der Waals surface area contributed by atoms with E-state index in [0.29, 0.717) is 0 Å². The van der Waals surface area contributed by atoms with Crippen molar-refractivity contribution in [3.8, 4) is 11.6 Å². The number of aromatic nitrogens is 2. The molecule has 1 aliphatic heterocycles. The molecule has 2 N–H and O–H groups in total. The largest absolute Gasteiger partial charge is 0.858 e. The van der Waals surface area contributed by atoms with Crippen LogP contribution in [0.3, 0.4) is 0 Å². The number of nitrogens with one attached hydrogen (secondary N) is 1. The van der Waals surface area contributed by atoms with Crippen molar-refractivity contribution >= 4 is 13.7 Å². The zero-order valence-electron chi connectivity index (χ0n) is 20.1. The minimum Gasteiger partial charge on any atom is -0.858 e. The Morgan fingerprint density at radius 2 is 2.00 bits per heavy atom. The number of esters is 1. The molecule has 1 aliphatic rings. The second kappa shape index (κ2) is 11.1. The Morgan fingerprint density at radius 3 is 2.61 bits per heavy atom. The van der Waals surface area contributed by atoms with Gasteiger partial charge in [0, 0.05) is 6.20 Å². The van der Waals surface area contributed by atoms with Crippen LogP contribution in [0, 0.1) is 0 Å². The number of halogens is 1. The third-order valence-corrected chi connectivity index (χ3v) is 6.85. The van der Waals surface area contributed by atoms with Crippen molar-refractivity contribution in [1.29, 1.82) is 0 Å². The van der Waals surface area contributed by atoms with E-state index < -0.39 is 68.1 Å². The highest BCUT2D eigenvalue weighted by atomic mass is 31.2. The average Bonchev–Trinajstić information content (AvgIpc) is 3.01. The monoisotopic (exact) mass is 528 g/mol. The first-order valence-electron chi connectivity index (χ1n) is 11.1. The average molecular weight is 528 g/mol. The van der Waals surface area contributed by atoms with Crippen molar-refractivity contribution < 1.29 is 42.5 Å². The normalized spacial score (nSPS) is 26.4. The number of para-hydroxylation sites is 1. The van der Waals surface area contributed by atoms with Crippen molar-refractivity contribution in [2.24, 2.45) is 0 Å². The molecule has 14 heteroatoms. The van der Waals surface area contributed by atoms with Gasteiger partial charge in [-0.3, -0.25) is 13.9 Å². The summed E-state index contributed by atoms with van der Waals surface area (Å²) in [4.78, 5) is 27.5. The third kappa shape index (κ3) is 6.48. The van der Waals surface area contributed by atoms with E-state index in [4.69, 9.17) is 18.5 Å². The highest BCUT2D eigenvalue weighted by Crippen LogP contribution is 2.47. The van der Waals surface area contributed by atoms with Gasteiger partial charge in [-0.25, -0.2) is 18.7 Å². The summed E-state index contributed by atoms with van der Waals surface area (Å²) in [6.45, 7) is 5.04. The Labute approximate surface area is 206 Å². The number of alkyl halides is 1. The van der Waals surface area contributed by atoms with Crippen LogP contribution in [0.5, 0.6) is 11.6 Å². The number of hydrogen-bond donors (Lipinski definition) is 2. The Morgan fingerprint density at radius 1 is 1.33 bits per heavy atom. The van der Waals surface area contributed by atoms with Gasteiger partial charge in [0.05, 0.1) is 12.7 Å². The van der Waals surface area contributed by atoms with Gasteiger partial charge in [-0.2, -0.15) is 5.09 Å². The molecule has 0 unspecified atom stereocenters. The van der Waals surface area contributed by atoms with Crippen molar-refractivity contribution in [2.45, 2.75) is 63.9 Å². The van der Waals surface area contributed by atoms with Gasteiger partial charge in [0.15, 0.2) is 11.9 Å². The van der Waals surface area contributed by atoms with Crippen LogP contribution in [-0.2, 0) is 23.4 Å². The SMILES string of the molecule is CC(C)OC(=O)[C@H](C)N[P@](=O)(OC[C@H]1O[C@@H](n2ccc([O-])nc2=O)[C@](C)(F)[C@@H]1O)Oc1ccccc1. The van der Waals surface area contributed by atoms with Gasteiger partial charge >= 0.3 is 19.4 Å². The molecule has 0 saturated carbocycles. The molecule has 2 heterocycles. The van der Waals surface area contributed by atoms with Crippen molar-refractivity contribution in [2.75, 3.05) is 6.61 Å². The number of ether oxygens (including phenoxy) is 2. The molecule has 0 amide bonds. The molecule has 0 aliphatic carbocycles. The number of aliphatic hydroxyl groups excluding tert-OH is 1. The van der Waals surface area contributed by atoms with Crippen molar-refractivity contribution in [3.05, 3.63) is 53.1 Å². The van der Waals surface area contributed by atoms with E-state index in [2.05, 4.69) is 10.1 Å². The van der Waals surface area contributed by atoms with Crippen LogP contribution in [0.2, 0.25) is 0 Å². The number of carbonyl (C=O) groups is 1. The molecular formula is C22H28FN3O9P-. The van der Waals surface area contributed by atoms with Gasteiger partial charge in [0.1, 0.15) is 24.0 Å². The van der Waals surface area contributed by atoms with Gasteiger partial charge < -0.3 is 24.2 Å². The van der Waals surface area contributed by atoms with Crippen LogP contribution >= 0.6 is 7.75 Å². The van der Waals surface area contributed by atoms with E-state index in [9.17, 15) is 24.4 Å². The van der Waals surface area contributed by atoms with Crippen LogP contribution in [0.15, 0.2) is 47.4 Å². The number of carbonyl (C=O) groups excluding carboxylic acids is 1. The lowest BCUT2D eigenvalue weighted by atomic mass is 9.98. The van der Waals surface area contributed by atoms with Gasteiger partial charge in [-0.15, -0.1) is 0 Å². The van der Waals surface area contributed by atoms with Crippen molar-refractivity contribution in [1.82, 2.24) is 14.6 Å². The van der Waals surface area contributed by atoms with Gasteiger partial charge in [0.25, 0.3) is 0 Å². The molecule has 1 aromatic carbocycles. The topological polar surface area (TPSA) is 161 Å². The molecule has 0 spiro atoms. The highest BCUT2D eigenvalue weighted by Gasteiger charge is 2.56. The number of nitrogens with zero attached hydrogens (tertiary/aromatic N) is 2. The Balaban J connectivity index is 1.79. The number of aliphatic hydroxyl groups is 1. The first kappa shape index (κ1) is 27.8. The summed E-state index contributed by atoms with van der Waals surface area (Å²) in [7, 11) is -4.31. The van der Waals surface area contributed by atoms with E-state index in [1.807, 2.05) is 0 Å². The second-order valence-electron chi connectivity index (χ2n) is 8.61. The first-order chi connectivity index (χ1) is 16.8. The van der Waals surface area contributed by atoms with Crippen LogP contribution in [0.25, 0.3) is 0 Å². The molecule has 0 bridgehead atoms. The van der Waals surface area contributed by atoms with E-state index in [-0.39, 0.29) is 5.75 Å². The lowest BCUT2D eigenvalue weighted by Gasteiger charge is -2.25. The maximum atomic E-state index is 15.4.